The normalized spacial score (nSPS) is 13.9. The highest BCUT2D eigenvalue weighted by molar-refractivity contribution is 7.20. The van der Waals surface area contributed by atoms with Gasteiger partial charge in [-0.05, 0) is 246 Å². The van der Waals surface area contributed by atoms with Gasteiger partial charge in [0.25, 0.3) is 0 Å². The average Bonchev–Trinajstić information content (AvgIpc) is 1.69. The van der Waals surface area contributed by atoms with Crippen LogP contribution in [0.25, 0.3) is 124 Å². The van der Waals surface area contributed by atoms with Gasteiger partial charge in [0.15, 0.2) is 16.1 Å². The smallest absolute Gasteiger partial charge is 0.179 e. The second kappa shape index (κ2) is 30.8. The average molecular weight is 1730 g/mol. The van der Waals surface area contributed by atoms with Crippen molar-refractivity contribution in [2.24, 2.45) is 0 Å². The van der Waals surface area contributed by atoms with Crippen LogP contribution in [0.4, 0.5) is 34.1 Å². The molecule has 0 amide bonds. The molecule has 25 rings (SSSR count). The molecule has 4 heteroatoms. The van der Waals surface area contributed by atoms with Crippen LogP contribution in [0.15, 0.2) is 449 Å². The fourth-order valence-electron chi connectivity index (χ4n) is 24.0. The standard InChI is InChI=1S/C129H96N2Si2/c1-127(2)117-79-85(51-53-87-57-71-107-109-73-63-91(83-121(109)128(3,4)119(107)81-87)130(123-77-75-113-103-45-27-25-43-101(103)111-47-29-49-115(123)125(111)113)89-59-65-99(66-60-89)132(93-31-13-7-14-32-93,94-33-15-8-16-34-94)95-35-17-9-18-36-95)55-69-105(117)106-70-56-86(80-118(106)127)52-54-88-58-72-108-110-74-64-92(84-122(110)129(5,6)120(108)82-88)131(124-78-76-114-104-46-28-26-44-102(104)112-48-30-50-116(124)126(112)114)90-61-67-100(68-62-90)133(96-37-19-10-20-38-96,97-39-21-11-22-40-97)98-41-23-12-24-42-98/h7-84H,1-6H3/b53-51+,54-52+. The fraction of sp³-hybridized carbons (Fsp3) is 0.0698. The molecule has 630 valence electrons. The molecule has 0 unspecified atom stereocenters. The molecule has 5 aliphatic rings. The maximum Gasteiger partial charge on any atom is 0.179 e. The van der Waals surface area contributed by atoms with Crippen molar-refractivity contribution in [3.63, 3.8) is 0 Å². The number of hydrogen-bond donors (Lipinski definition) is 0. The van der Waals surface area contributed by atoms with Crippen LogP contribution >= 0.6 is 0 Å². The van der Waals surface area contributed by atoms with E-state index < -0.39 is 16.1 Å². The van der Waals surface area contributed by atoms with Crippen molar-refractivity contribution >= 4 is 138 Å². The molecule has 0 atom stereocenters. The zero-order valence-corrected chi connectivity index (χ0v) is 77.4. The van der Waals surface area contributed by atoms with Gasteiger partial charge in [0.1, 0.15) is 0 Å². The van der Waals surface area contributed by atoms with Crippen LogP contribution in [0.5, 0.6) is 0 Å². The first-order valence-electron chi connectivity index (χ1n) is 46.9. The Morgan fingerprint density at radius 3 is 0.654 bits per heavy atom. The molecule has 20 aromatic carbocycles. The predicted molar refractivity (Wildman–Crippen MR) is 570 cm³/mol. The van der Waals surface area contributed by atoms with E-state index in [2.05, 4.69) is 525 Å². The molecular weight excluding hydrogens is 1630 g/mol. The zero-order valence-electron chi connectivity index (χ0n) is 75.4. The predicted octanol–water partition coefficient (Wildman–Crippen LogP) is 28.2. The molecule has 20 aromatic rings. The van der Waals surface area contributed by atoms with Crippen molar-refractivity contribution in [2.45, 2.75) is 57.8 Å². The minimum Gasteiger partial charge on any atom is -0.310 e. The van der Waals surface area contributed by atoms with Crippen molar-refractivity contribution in [3.05, 3.63) is 505 Å². The van der Waals surface area contributed by atoms with Gasteiger partial charge in [-0.1, -0.05) is 454 Å². The maximum absolute atomic E-state index is 2.81. The van der Waals surface area contributed by atoms with E-state index in [1.165, 1.54) is 197 Å². The molecular formula is C129H96N2Si2. The molecule has 0 spiro atoms. The topological polar surface area (TPSA) is 6.48 Å². The van der Waals surface area contributed by atoms with Gasteiger partial charge < -0.3 is 9.80 Å². The third-order valence-corrected chi connectivity index (χ3v) is 40.0. The highest BCUT2D eigenvalue weighted by Crippen LogP contribution is 2.58. The van der Waals surface area contributed by atoms with Gasteiger partial charge >= 0.3 is 0 Å². The van der Waals surface area contributed by atoms with Crippen LogP contribution in [0.1, 0.15) is 97.2 Å². The summed E-state index contributed by atoms with van der Waals surface area (Å²) in [5.41, 5.74) is 36.9. The lowest BCUT2D eigenvalue weighted by atomic mass is 9.81. The van der Waals surface area contributed by atoms with E-state index in [0.29, 0.717) is 0 Å². The molecule has 0 radical (unpaired) electrons. The summed E-state index contributed by atoms with van der Waals surface area (Å²) in [6, 6.07) is 171. The molecule has 5 aliphatic carbocycles. The minimum absolute atomic E-state index is 0.220. The molecule has 0 fully saturated rings. The molecule has 0 heterocycles. The number of benzene rings is 20. The first kappa shape index (κ1) is 79.6. The van der Waals surface area contributed by atoms with Crippen LogP contribution in [0.3, 0.4) is 0 Å². The highest BCUT2D eigenvalue weighted by atomic mass is 28.3. The van der Waals surface area contributed by atoms with Gasteiger partial charge in [0.05, 0.1) is 11.4 Å². The molecule has 0 saturated carbocycles. The molecule has 2 nitrogen and oxygen atoms in total. The summed E-state index contributed by atoms with van der Waals surface area (Å²) < 4.78 is 0. The van der Waals surface area contributed by atoms with Crippen LogP contribution in [0, 0.1) is 0 Å². The number of fused-ring (bicyclic) bond motifs is 15. The summed E-state index contributed by atoms with van der Waals surface area (Å²) >= 11 is 0. The molecule has 0 aromatic heterocycles. The third kappa shape index (κ3) is 12.3. The molecule has 0 N–H and O–H groups in total. The van der Waals surface area contributed by atoms with Crippen molar-refractivity contribution in [2.75, 3.05) is 9.80 Å². The first-order chi connectivity index (χ1) is 65.2. The monoisotopic (exact) mass is 1730 g/mol. The lowest BCUT2D eigenvalue weighted by Crippen LogP contribution is -2.74. The summed E-state index contributed by atoms with van der Waals surface area (Å²) in [7, 11) is -5.62. The van der Waals surface area contributed by atoms with Crippen LogP contribution in [0.2, 0.25) is 0 Å². The van der Waals surface area contributed by atoms with Crippen LogP contribution in [-0.4, -0.2) is 16.1 Å². The SMILES string of the molecule is CC1(C)c2cc(/C=C/c3ccc4c(c3)C(C)(C)c3cc(N(c5ccc([Si](c6ccccc6)(c6ccccc6)c6ccccc6)cc5)c5ccc6c7c(cccc57)-c5ccccc5-6)ccc3-4)ccc2-c2ccc(/C=C/c3ccc4c(c3)C(C)(C)c3cc(N(c5ccc([Si](c6ccccc6)(c6ccccc6)c6ccccc6)cc5)c5ccc6c7c(cccc57)-c5ccccc5-6)ccc3-4)cc21. The zero-order chi connectivity index (χ0) is 89.1. The Morgan fingerprint density at radius 1 is 0.173 bits per heavy atom. The Hall–Kier alpha value is -15.6. The lowest BCUT2D eigenvalue weighted by molar-refractivity contribution is 0.660. The first-order valence-corrected chi connectivity index (χ1v) is 50.9. The number of hydrogen-bond acceptors (Lipinski definition) is 2. The van der Waals surface area contributed by atoms with E-state index in [1.54, 1.807) is 0 Å². The van der Waals surface area contributed by atoms with Crippen molar-refractivity contribution in [1.82, 2.24) is 0 Å². The third-order valence-electron chi connectivity index (χ3n) is 30.4. The summed E-state index contributed by atoms with van der Waals surface area (Å²) in [6.07, 6.45) is 9.29. The number of rotatable bonds is 18. The van der Waals surface area contributed by atoms with E-state index in [4.69, 9.17) is 0 Å². The van der Waals surface area contributed by atoms with Gasteiger partial charge in [-0.3, -0.25) is 0 Å². The van der Waals surface area contributed by atoms with Crippen molar-refractivity contribution < 1.29 is 0 Å². The summed E-state index contributed by atoms with van der Waals surface area (Å²) in [6.45, 7) is 14.5. The summed E-state index contributed by atoms with van der Waals surface area (Å²) in [4.78, 5) is 5.07. The Labute approximate surface area is 781 Å². The highest BCUT2D eigenvalue weighted by Gasteiger charge is 2.46. The van der Waals surface area contributed by atoms with E-state index >= 15 is 0 Å². The fourth-order valence-corrected chi connectivity index (χ4v) is 33.5. The maximum atomic E-state index is 2.54. The number of anilines is 6. The van der Waals surface area contributed by atoms with Crippen molar-refractivity contribution in [1.29, 1.82) is 0 Å². The van der Waals surface area contributed by atoms with E-state index in [9.17, 15) is 0 Å². The van der Waals surface area contributed by atoms with Crippen LogP contribution in [-0.2, 0) is 16.2 Å². The molecule has 133 heavy (non-hydrogen) atoms. The lowest BCUT2D eigenvalue weighted by Gasteiger charge is -2.35. The Morgan fingerprint density at radius 2 is 0.383 bits per heavy atom. The Kier molecular flexibility index (Phi) is 18.4. The van der Waals surface area contributed by atoms with E-state index in [1.807, 2.05) is 0 Å². The Bertz CT molecular complexity index is 7440. The largest absolute Gasteiger partial charge is 0.310 e. The van der Waals surface area contributed by atoms with Gasteiger partial charge in [0.2, 0.25) is 0 Å². The van der Waals surface area contributed by atoms with Crippen molar-refractivity contribution in [3.8, 4) is 77.9 Å². The van der Waals surface area contributed by atoms with E-state index in [-0.39, 0.29) is 16.2 Å². The molecule has 0 bridgehead atoms. The van der Waals surface area contributed by atoms with Crippen LogP contribution < -0.4 is 51.3 Å². The van der Waals surface area contributed by atoms with Gasteiger partial charge in [-0.25, -0.2) is 0 Å². The summed E-state index contributed by atoms with van der Waals surface area (Å²) in [5, 5.41) is 15.9. The second-order valence-corrected chi connectivity index (χ2v) is 46.1. The second-order valence-electron chi connectivity index (χ2n) is 38.5. The van der Waals surface area contributed by atoms with Gasteiger partial charge in [-0.2, -0.15) is 0 Å². The molecule has 0 aliphatic heterocycles. The quantitative estimate of drug-likeness (QED) is 0.0480. The van der Waals surface area contributed by atoms with Gasteiger partial charge in [0, 0.05) is 49.8 Å². The van der Waals surface area contributed by atoms with E-state index in [0.717, 1.165) is 34.1 Å². The number of nitrogens with zero attached hydrogens (tertiary/aromatic N) is 2. The summed E-state index contributed by atoms with van der Waals surface area (Å²) in [5.74, 6) is 0. The van der Waals surface area contributed by atoms with Gasteiger partial charge in [-0.15, -0.1) is 0 Å². The molecule has 0 saturated heterocycles. The Balaban J connectivity index is 0.499. The minimum atomic E-state index is -2.81.